The summed E-state index contributed by atoms with van der Waals surface area (Å²) in [6.07, 6.45) is 5.99. The standard InChI is InChI=1S/C38H44F2O9S/c1-23-18-26-27-20-29(39)28-19-25(41)13-14-35(28,2)37(27,40)31(42)21-36(26,3)38(23,49-32(43)30-12-9-16-46-30)33(44)50-17-8-7-15-47-34(45)48-22-24-10-5-4-6-11-24/h9,12-14,16,19,23-24,26-27,29,31,42H,4-6,10-11,15,17-18,20-22H2,1-3H3/t23-,26+,27+,29+,31+,35+,36+,37+,38+/m1/s1. The van der Waals surface area contributed by atoms with Gasteiger partial charge < -0.3 is 23.7 Å². The van der Waals surface area contributed by atoms with E-state index < -0.39 is 75.2 Å². The van der Waals surface area contributed by atoms with E-state index in [9.17, 15) is 24.3 Å². The number of thioether (sulfide) groups is 1. The van der Waals surface area contributed by atoms with E-state index in [0.717, 1.165) is 43.5 Å². The van der Waals surface area contributed by atoms with Gasteiger partial charge in [0, 0.05) is 22.7 Å². The zero-order valence-electron chi connectivity index (χ0n) is 28.6. The Morgan fingerprint density at radius 1 is 1.10 bits per heavy atom. The van der Waals surface area contributed by atoms with Crippen molar-refractivity contribution in [3.05, 3.63) is 48.0 Å². The molecule has 0 spiro atoms. The van der Waals surface area contributed by atoms with Gasteiger partial charge in [-0.05, 0) is 80.7 Å². The summed E-state index contributed by atoms with van der Waals surface area (Å²) >= 11 is 0.806. The Kier molecular flexibility index (Phi) is 10.1. The van der Waals surface area contributed by atoms with Crippen LogP contribution in [0.5, 0.6) is 0 Å². The maximum Gasteiger partial charge on any atom is 0.509 e. The van der Waals surface area contributed by atoms with E-state index in [1.54, 1.807) is 13.8 Å². The van der Waals surface area contributed by atoms with Crippen molar-refractivity contribution in [2.45, 2.75) is 95.7 Å². The Hall–Kier alpha value is -3.43. The van der Waals surface area contributed by atoms with Crippen molar-refractivity contribution in [2.75, 3.05) is 19.0 Å². The first kappa shape index (κ1) is 36.4. The molecule has 1 N–H and O–H groups in total. The monoisotopic (exact) mass is 714 g/mol. The van der Waals surface area contributed by atoms with Crippen LogP contribution in [0.3, 0.4) is 0 Å². The highest BCUT2D eigenvalue weighted by Crippen LogP contribution is 2.72. The van der Waals surface area contributed by atoms with Crippen molar-refractivity contribution in [1.29, 1.82) is 0 Å². The van der Waals surface area contributed by atoms with Gasteiger partial charge in [0.2, 0.25) is 10.9 Å². The van der Waals surface area contributed by atoms with Gasteiger partial charge >= 0.3 is 12.1 Å². The van der Waals surface area contributed by atoms with Crippen molar-refractivity contribution in [3.63, 3.8) is 0 Å². The number of ketones is 1. The predicted molar refractivity (Wildman–Crippen MR) is 179 cm³/mol. The first-order chi connectivity index (χ1) is 23.8. The van der Waals surface area contributed by atoms with E-state index in [4.69, 9.17) is 18.6 Å². The van der Waals surface area contributed by atoms with E-state index in [1.807, 2.05) is 0 Å². The van der Waals surface area contributed by atoms with Crippen molar-refractivity contribution in [1.82, 2.24) is 0 Å². The number of halogens is 2. The molecule has 4 fully saturated rings. The minimum absolute atomic E-state index is 0.000344. The van der Waals surface area contributed by atoms with Crippen LogP contribution in [-0.2, 0) is 23.8 Å². The van der Waals surface area contributed by atoms with Crippen LogP contribution in [0.1, 0.15) is 82.7 Å². The molecule has 0 amide bonds. The molecule has 0 aromatic carbocycles. The summed E-state index contributed by atoms with van der Waals surface area (Å²) in [7, 11) is 0. The first-order valence-corrected chi connectivity index (χ1v) is 18.4. The Labute approximate surface area is 294 Å². The van der Waals surface area contributed by atoms with Crippen molar-refractivity contribution in [3.8, 4) is 11.8 Å². The Morgan fingerprint density at radius 2 is 1.86 bits per heavy atom. The van der Waals surface area contributed by atoms with E-state index in [-0.39, 0.29) is 43.0 Å². The summed E-state index contributed by atoms with van der Waals surface area (Å²) in [6, 6.07) is 2.91. The van der Waals surface area contributed by atoms with Gasteiger partial charge in [0.15, 0.2) is 23.7 Å². The topological polar surface area (TPSA) is 129 Å². The number of ether oxygens (including phenoxy) is 3. The molecule has 12 heteroatoms. The summed E-state index contributed by atoms with van der Waals surface area (Å²) < 4.78 is 55.4. The number of hydrogen-bond donors (Lipinski definition) is 1. The van der Waals surface area contributed by atoms with Gasteiger partial charge in [0.05, 0.1) is 24.7 Å². The molecule has 0 bridgehead atoms. The second-order valence-electron chi connectivity index (χ2n) is 14.9. The largest absolute Gasteiger partial charge is 0.509 e. The van der Waals surface area contributed by atoms with Crippen LogP contribution in [0.25, 0.3) is 0 Å². The highest BCUT2D eigenvalue weighted by molar-refractivity contribution is 8.14. The quantitative estimate of drug-likeness (QED) is 0.240. The Balaban J connectivity index is 1.22. The fourth-order valence-electron chi connectivity index (χ4n) is 9.80. The minimum atomic E-state index is -2.36. The van der Waals surface area contributed by atoms with Crippen molar-refractivity contribution in [2.24, 2.45) is 34.5 Å². The maximum atomic E-state index is 17.7. The molecule has 1 heterocycles. The van der Waals surface area contributed by atoms with Gasteiger partial charge in [0.25, 0.3) is 0 Å². The molecule has 4 saturated carbocycles. The average Bonchev–Trinajstić information content (AvgIpc) is 3.71. The summed E-state index contributed by atoms with van der Waals surface area (Å²) in [4.78, 5) is 52.1. The van der Waals surface area contributed by atoms with Gasteiger partial charge in [-0.15, -0.1) is 0 Å². The first-order valence-electron chi connectivity index (χ1n) is 17.4. The van der Waals surface area contributed by atoms with Crippen LogP contribution in [0, 0.1) is 46.3 Å². The number of esters is 1. The molecule has 0 radical (unpaired) electrons. The number of aliphatic hydroxyl groups excluding tert-OH is 1. The highest BCUT2D eigenvalue weighted by Gasteiger charge is 2.78. The SMILES string of the molecule is C[C@@H]1C[C@H]2[C@@H]3C[C@H](F)C4=CC(=O)C=C[C@]4(C)[C@@]3(F)[C@@H](O)C[C@]2(C)[C@@]1(OC(=O)c1ccco1)C(=O)SCC#CCOC(=O)OCC1CCCCC1. The lowest BCUT2D eigenvalue weighted by Crippen LogP contribution is -2.70. The van der Waals surface area contributed by atoms with Crippen LogP contribution >= 0.6 is 11.8 Å². The molecule has 1 aromatic heterocycles. The summed E-state index contributed by atoms with van der Waals surface area (Å²) in [5.74, 6) is 1.94. The number of hydrogen-bond acceptors (Lipinski definition) is 10. The number of furan rings is 1. The summed E-state index contributed by atoms with van der Waals surface area (Å²) in [5, 5.41) is 11.2. The zero-order valence-corrected chi connectivity index (χ0v) is 29.4. The maximum absolute atomic E-state index is 17.7. The van der Waals surface area contributed by atoms with Crippen LogP contribution in [0.2, 0.25) is 0 Å². The number of alkyl halides is 2. The van der Waals surface area contributed by atoms with Gasteiger partial charge in [-0.25, -0.2) is 18.4 Å². The third kappa shape index (κ3) is 5.92. The lowest BCUT2D eigenvalue weighted by atomic mass is 9.44. The van der Waals surface area contributed by atoms with E-state index in [1.165, 1.54) is 43.9 Å². The fourth-order valence-corrected chi connectivity index (χ4v) is 10.8. The third-order valence-electron chi connectivity index (χ3n) is 12.3. The molecule has 5 aliphatic carbocycles. The Bertz CT molecular complexity index is 1620. The van der Waals surface area contributed by atoms with E-state index >= 15 is 8.78 Å². The molecule has 270 valence electrons. The lowest BCUT2D eigenvalue weighted by molar-refractivity contribution is -0.221. The third-order valence-corrected chi connectivity index (χ3v) is 13.1. The lowest BCUT2D eigenvalue weighted by Gasteiger charge is -2.63. The molecule has 50 heavy (non-hydrogen) atoms. The number of carbonyl (C=O) groups excluding carboxylic acids is 4. The zero-order chi connectivity index (χ0) is 35.9. The Morgan fingerprint density at radius 3 is 2.58 bits per heavy atom. The molecular weight excluding hydrogens is 670 g/mol. The van der Waals surface area contributed by atoms with E-state index in [2.05, 4.69) is 11.8 Å². The van der Waals surface area contributed by atoms with Gasteiger partial charge in [-0.3, -0.25) is 9.59 Å². The number of allylic oxidation sites excluding steroid dienone is 4. The molecule has 0 aliphatic heterocycles. The molecule has 6 rings (SSSR count). The van der Waals surface area contributed by atoms with Crippen LogP contribution in [0.4, 0.5) is 13.6 Å². The van der Waals surface area contributed by atoms with E-state index in [0.29, 0.717) is 12.5 Å². The molecule has 1 aromatic rings. The van der Waals surface area contributed by atoms with Crippen LogP contribution < -0.4 is 0 Å². The fraction of sp³-hybridized carbons (Fsp3) is 0.632. The smallest absolute Gasteiger partial charge is 0.457 e. The van der Waals surface area contributed by atoms with Crippen molar-refractivity contribution < 1.29 is 51.7 Å². The second-order valence-corrected chi connectivity index (χ2v) is 15.8. The second kappa shape index (κ2) is 13.9. The molecule has 9 nitrogen and oxygen atoms in total. The molecule has 0 saturated heterocycles. The summed E-state index contributed by atoms with van der Waals surface area (Å²) in [6.45, 7) is 5.03. The average molecular weight is 715 g/mol. The predicted octanol–water partition coefficient (Wildman–Crippen LogP) is 6.74. The van der Waals surface area contributed by atoms with Crippen molar-refractivity contribution >= 4 is 34.8 Å². The van der Waals surface area contributed by atoms with Gasteiger partial charge in [-0.2, -0.15) is 0 Å². The highest BCUT2D eigenvalue weighted by atomic mass is 32.2. The summed E-state index contributed by atoms with van der Waals surface area (Å²) in [5.41, 5.74) is -7.14. The number of carbonyl (C=O) groups is 4. The van der Waals surface area contributed by atoms with Gasteiger partial charge in [-0.1, -0.05) is 62.8 Å². The van der Waals surface area contributed by atoms with Crippen LogP contribution in [0.15, 0.2) is 46.6 Å². The number of rotatable bonds is 7. The normalized spacial score (nSPS) is 37.7. The number of aliphatic hydroxyl groups is 1. The van der Waals surface area contributed by atoms with Crippen LogP contribution in [-0.4, -0.2) is 70.6 Å². The minimum Gasteiger partial charge on any atom is -0.457 e. The van der Waals surface area contributed by atoms with Gasteiger partial charge in [0.1, 0.15) is 6.17 Å². The number of fused-ring (bicyclic) bond motifs is 5. The molecule has 5 aliphatic rings. The molecular formula is C38H44F2O9S. The molecule has 9 atom stereocenters. The molecule has 0 unspecified atom stereocenters.